The quantitative estimate of drug-likeness (QED) is 0.157. The zero-order valence-corrected chi connectivity index (χ0v) is 29.0. The molecule has 0 spiro atoms. The second kappa shape index (κ2) is 17.8. The van der Waals surface area contributed by atoms with Crippen molar-refractivity contribution < 1.29 is 23.9 Å². The van der Waals surface area contributed by atoms with Crippen molar-refractivity contribution in [3.8, 4) is 0 Å². The molecule has 12 heteroatoms. The van der Waals surface area contributed by atoms with E-state index in [1.807, 2.05) is 91.0 Å². The predicted molar refractivity (Wildman–Crippen MR) is 189 cm³/mol. The molecule has 3 rings (SSSR count). The van der Waals surface area contributed by atoms with E-state index in [2.05, 4.69) is 16.0 Å². The molecule has 0 unspecified atom stereocenters. The number of carbonyl (C=O) groups excluding carboxylic acids is 4. The summed E-state index contributed by atoms with van der Waals surface area (Å²) in [7, 11) is 1.55. The third kappa shape index (κ3) is 11.4. The topological polar surface area (TPSA) is 146 Å². The Kier molecular flexibility index (Phi) is 13.9. The van der Waals surface area contributed by atoms with Crippen molar-refractivity contribution in [1.29, 1.82) is 0 Å². The molecule has 11 nitrogen and oxygen atoms in total. The van der Waals surface area contributed by atoms with Crippen LogP contribution < -0.4 is 21.7 Å². The lowest BCUT2D eigenvalue weighted by Crippen LogP contribution is -2.62. The Morgan fingerprint density at radius 3 is 1.79 bits per heavy atom. The van der Waals surface area contributed by atoms with Crippen molar-refractivity contribution in [2.75, 3.05) is 7.05 Å². The van der Waals surface area contributed by atoms with Gasteiger partial charge in [0, 0.05) is 13.5 Å². The number of rotatable bonds is 13. The zero-order chi connectivity index (χ0) is 35.3. The lowest BCUT2D eigenvalue weighted by molar-refractivity contribution is -0.145. The first-order valence-corrected chi connectivity index (χ1v) is 16.2. The summed E-state index contributed by atoms with van der Waals surface area (Å²) in [5.74, 6) is -1.58. The van der Waals surface area contributed by atoms with Gasteiger partial charge in [-0.2, -0.15) is 0 Å². The first-order chi connectivity index (χ1) is 22.8. The fourth-order valence-corrected chi connectivity index (χ4v) is 5.10. The number of nitrogens with zero attached hydrogens (tertiary/aromatic N) is 2. The molecule has 0 fully saturated rings. The monoisotopic (exact) mass is 674 g/mol. The Hall–Kier alpha value is -4.97. The Bertz CT molecular complexity index is 1520. The van der Waals surface area contributed by atoms with E-state index >= 15 is 0 Å². The minimum atomic E-state index is -1.06. The van der Waals surface area contributed by atoms with Gasteiger partial charge in [0.05, 0.1) is 6.54 Å². The van der Waals surface area contributed by atoms with Gasteiger partial charge in [-0.15, -0.1) is 0 Å². The largest absolute Gasteiger partial charge is 0.445 e. The van der Waals surface area contributed by atoms with Crippen LogP contribution in [0.25, 0.3) is 0 Å². The molecule has 256 valence electrons. The highest BCUT2D eigenvalue weighted by Gasteiger charge is 2.37. The van der Waals surface area contributed by atoms with Crippen LogP contribution in [0.4, 0.5) is 4.79 Å². The van der Waals surface area contributed by atoms with Crippen LogP contribution in [0.3, 0.4) is 0 Å². The number of nitrogens with one attached hydrogen (secondary N) is 3. The Labute approximate surface area is 288 Å². The molecule has 0 aliphatic carbocycles. The van der Waals surface area contributed by atoms with Crippen LogP contribution in [0.1, 0.15) is 50.8 Å². The number of carbonyl (C=O) groups is 4. The summed E-state index contributed by atoms with van der Waals surface area (Å²) in [6.07, 6.45) is -0.336. The van der Waals surface area contributed by atoms with Crippen molar-refractivity contribution in [3.63, 3.8) is 0 Å². The van der Waals surface area contributed by atoms with E-state index in [9.17, 15) is 19.2 Å². The van der Waals surface area contributed by atoms with Gasteiger partial charge in [0.2, 0.25) is 11.8 Å². The Balaban J connectivity index is 1.78. The van der Waals surface area contributed by atoms with E-state index in [0.717, 1.165) is 16.7 Å². The maximum Gasteiger partial charge on any atom is 0.408 e. The molecule has 4 amide bonds. The molecule has 0 aliphatic heterocycles. The first kappa shape index (κ1) is 37.5. The number of hydrogen-bond acceptors (Lipinski definition) is 6. The average Bonchev–Trinajstić information content (AvgIpc) is 3.07. The molecule has 0 saturated carbocycles. The van der Waals surface area contributed by atoms with Gasteiger partial charge in [-0.3, -0.25) is 24.4 Å². The van der Waals surface area contributed by atoms with Gasteiger partial charge in [0.15, 0.2) is 5.11 Å². The van der Waals surface area contributed by atoms with Crippen molar-refractivity contribution in [2.45, 2.75) is 71.8 Å². The van der Waals surface area contributed by atoms with Gasteiger partial charge in [0.25, 0.3) is 5.91 Å². The van der Waals surface area contributed by atoms with Crippen molar-refractivity contribution in [1.82, 2.24) is 26.0 Å². The highest BCUT2D eigenvalue weighted by atomic mass is 32.1. The summed E-state index contributed by atoms with van der Waals surface area (Å²) in [4.78, 5) is 54.0. The molecule has 0 aromatic heterocycles. The predicted octanol–water partition coefficient (Wildman–Crippen LogP) is 4.07. The van der Waals surface area contributed by atoms with E-state index in [-0.39, 0.29) is 31.1 Å². The zero-order valence-electron chi connectivity index (χ0n) is 28.1. The molecule has 3 atom stereocenters. The van der Waals surface area contributed by atoms with Gasteiger partial charge in [-0.1, -0.05) is 119 Å². The minimum absolute atomic E-state index is 0.0141. The number of likely N-dealkylation sites (N-methyl/N-ethyl adjacent to an activating group) is 1. The van der Waals surface area contributed by atoms with Crippen LogP contribution in [0.15, 0.2) is 91.0 Å². The molecule has 0 bridgehead atoms. The van der Waals surface area contributed by atoms with Gasteiger partial charge in [-0.25, -0.2) is 4.79 Å². The summed E-state index contributed by atoms with van der Waals surface area (Å²) in [6, 6.07) is 24.8. The molecule has 3 aromatic carbocycles. The number of nitrogens with two attached hydrogens (primary N) is 1. The summed E-state index contributed by atoms with van der Waals surface area (Å²) >= 11 is 5.30. The maximum absolute atomic E-state index is 14.1. The van der Waals surface area contributed by atoms with Crippen LogP contribution in [0, 0.1) is 5.41 Å². The second-order valence-electron chi connectivity index (χ2n) is 12.5. The maximum atomic E-state index is 14.1. The summed E-state index contributed by atoms with van der Waals surface area (Å²) in [5, 5.41) is 11.0. The van der Waals surface area contributed by atoms with Crippen LogP contribution in [0.5, 0.6) is 0 Å². The highest BCUT2D eigenvalue weighted by molar-refractivity contribution is 7.80. The van der Waals surface area contributed by atoms with Crippen LogP contribution in [0.2, 0.25) is 0 Å². The number of thiocarbonyl (C=S) groups is 1. The second-order valence-corrected chi connectivity index (χ2v) is 12.9. The number of benzene rings is 3. The summed E-state index contributed by atoms with van der Waals surface area (Å²) in [5.41, 5.74) is 7.78. The fourth-order valence-electron chi connectivity index (χ4n) is 4.92. The third-order valence-electron chi connectivity index (χ3n) is 7.65. The SMILES string of the molecule is CC[C@H](NC(=O)OCc1ccccc1)C(=O)N[C@H](C(=O)N[C@@H](Cc1ccccc1)C(=O)N(C)N(Cc1ccccc1)C(N)=S)C(C)(C)C. The lowest BCUT2D eigenvalue weighted by Gasteiger charge is -2.36. The standard InChI is InChI=1S/C36H46N6O5S/c1-6-28(39-35(46)47-24-27-20-14-9-15-21-27)31(43)40-30(36(2,3)4)32(44)38-29(22-25-16-10-7-11-17-25)33(45)41(5)42(34(37)48)23-26-18-12-8-13-19-26/h7-21,28-30H,6,22-24H2,1-5H3,(H2,37,48)(H,38,44)(H,39,46)(H,40,43)/t28-,29-,30+/m0/s1. The Morgan fingerprint density at radius 2 is 1.29 bits per heavy atom. The molecule has 48 heavy (non-hydrogen) atoms. The van der Waals surface area contributed by atoms with Gasteiger partial charge in [0.1, 0.15) is 24.7 Å². The third-order valence-corrected chi connectivity index (χ3v) is 7.86. The first-order valence-electron chi connectivity index (χ1n) is 15.8. The molecule has 0 radical (unpaired) electrons. The highest BCUT2D eigenvalue weighted by Crippen LogP contribution is 2.21. The Morgan fingerprint density at radius 1 is 0.771 bits per heavy atom. The number of amides is 4. The average molecular weight is 675 g/mol. The summed E-state index contributed by atoms with van der Waals surface area (Å²) < 4.78 is 5.29. The molecule has 3 aromatic rings. The number of hydrogen-bond donors (Lipinski definition) is 4. The molecule has 0 aliphatic rings. The number of ether oxygens (including phenoxy) is 1. The number of alkyl carbamates (subject to hydrolysis) is 1. The smallest absolute Gasteiger partial charge is 0.408 e. The van der Waals surface area contributed by atoms with Gasteiger partial charge >= 0.3 is 6.09 Å². The fraction of sp³-hybridized carbons (Fsp3) is 0.361. The van der Waals surface area contributed by atoms with Crippen molar-refractivity contribution >= 4 is 41.1 Å². The molecule has 0 saturated heterocycles. The van der Waals surface area contributed by atoms with E-state index < -0.39 is 47.4 Å². The van der Waals surface area contributed by atoms with Gasteiger partial charge < -0.3 is 26.4 Å². The molecule has 0 heterocycles. The van der Waals surface area contributed by atoms with Crippen LogP contribution in [-0.2, 0) is 38.7 Å². The lowest BCUT2D eigenvalue weighted by atomic mass is 9.85. The van der Waals surface area contributed by atoms with Crippen molar-refractivity contribution in [3.05, 3.63) is 108 Å². The van der Waals surface area contributed by atoms with E-state index in [4.69, 9.17) is 22.7 Å². The number of hydrazine groups is 1. The summed E-state index contributed by atoms with van der Waals surface area (Å²) in [6.45, 7) is 7.42. The van der Waals surface area contributed by atoms with Crippen LogP contribution >= 0.6 is 12.2 Å². The van der Waals surface area contributed by atoms with E-state index in [1.165, 1.54) is 10.0 Å². The molecular formula is C36H46N6O5S. The van der Waals surface area contributed by atoms with E-state index in [0.29, 0.717) is 0 Å². The molecule has 5 N–H and O–H groups in total. The van der Waals surface area contributed by atoms with E-state index in [1.54, 1.807) is 34.7 Å². The van der Waals surface area contributed by atoms with Crippen LogP contribution in [-0.4, -0.2) is 64.1 Å². The van der Waals surface area contributed by atoms with Crippen molar-refractivity contribution in [2.24, 2.45) is 11.1 Å². The molecular weight excluding hydrogens is 629 g/mol. The normalized spacial score (nSPS) is 12.9. The van der Waals surface area contributed by atoms with Gasteiger partial charge in [-0.05, 0) is 40.7 Å². The minimum Gasteiger partial charge on any atom is -0.445 e.